The maximum absolute atomic E-state index is 12.6. The van der Waals surface area contributed by atoms with E-state index in [0.717, 1.165) is 24.2 Å². The number of piperidine rings is 1. The van der Waals surface area contributed by atoms with E-state index in [1.165, 1.54) is 5.56 Å². The van der Waals surface area contributed by atoms with E-state index in [4.69, 9.17) is 4.74 Å². The van der Waals surface area contributed by atoms with E-state index in [9.17, 15) is 8.42 Å². The summed E-state index contributed by atoms with van der Waals surface area (Å²) < 4.78 is 31.9. The molecular weight excluding hydrogens is 358 g/mol. The Hall–Kier alpha value is -2.29. The Kier molecular flexibility index (Phi) is 6.54. The van der Waals surface area contributed by atoms with E-state index in [-0.39, 0.29) is 5.75 Å². The number of sulfonamides is 1. The SMILES string of the molecule is COc1ccc(C2CCN(S(=O)(=O)CCC#Cc3ccccc3)CC2)cc1. The van der Waals surface area contributed by atoms with Gasteiger partial charge >= 0.3 is 0 Å². The summed E-state index contributed by atoms with van der Waals surface area (Å²) in [6.07, 6.45) is 2.05. The molecule has 142 valence electrons. The fourth-order valence-electron chi connectivity index (χ4n) is 3.34. The van der Waals surface area contributed by atoms with Gasteiger partial charge in [0.15, 0.2) is 0 Å². The molecule has 0 bridgehead atoms. The fourth-order valence-corrected chi connectivity index (χ4v) is 4.72. The van der Waals surface area contributed by atoms with Crippen LogP contribution in [0.25, 0.3) is 0 Å². The zero-order valence-electron chi connectivity index (χ0n) is 15.6. The predicted octanol–water partition coefficient (Wildman–Crippen LogP) is 3.65. The highest BCUT2D eigenvalue weighted by Gasteiger charge is 2.28. The summed E-state index contributed by atoms with van der Waals surface area (Å²) >= 11 is 0. The molecule has 0 aliphatic carbocycles. The van der Waals surface area contributed by atoms with E-state index in [0.29, 0.717) is 25.4 Å². The first-order chi connectivity index (χ1) is 13.1. The first kappa shape index (κ1) is 19.5. The zero-order chi connectivity index (χ0) is 19.1. The molecule has 0 aromatic heterocycles. The maximum atomic E-state index is 12.6. The Bertz CT molecular complexity index is 888. The molecule has 4 nitrogen and oxygen atoms in total. The van der Waals surface area contributed by atoms with Crippen LogP contribution in [0.4, 0.5) is 0 Å². The molecule has 0 saturated carbocycles. The molecule has 0 N–H and O–H groups in total. The molecule has 0 amide bonds. The van der Waals surface area contributed by atoms with Gasteiger partial charge < -0.3 is 4.74 Å². The van der Waals surface area contributed by atoms with Crippen LogP contribution in [0, 0.1) is 11.8 Å². The average Bonchev–Trinajstić information content (AvgIpc) is 2.72. The van der Waals surface area contributed by atoms with Crippen LogP contribution in [0.3, 0.4) is 0 Å². The average molecular weight is 384 g/mol. The molecule has 5 heteroatoms. The topological polar surface area (TPSA) is 46.6 Å². The largest absolute Gasteiger partial charge is 0.497 e. The van der Waals surface area contributed by atoms with Crippen molar-refractivity contribution in [3.8, 4) is 17.6 Å². The molecular formula is C22H25NO3S. The van der Waals surface area contributed by atoms with E-state index >= 15 is 0 Å². The van der Waals surface area contributed by atoms with Crippen LogP contribution in [0.15, 0.2) is 54.6 Å². The molecule has 0 unspecified atom stereocenters. The molecule has 1 aliphatic heterocycles. The Morgan fingerprint density at radius 2 is 1.70 bits per heavy atom. The second-order valence-corrected chi connectivity index (χ2v) is 8.77. The van der Waals surface area contributed by atoms with Crippen LogP contribution < -0.4 is 4.74 Å². The van der Waals surface area contributed by atoms with E-state index in [1.54, 1.807) is 11.4 Å². The standard InChI is InChI=1S/C22H25NO3S/c1-26-22-12-10-20(11-13-22)21-14-16-23(17-15-21)27(24,25)18-6-5-9-19-7-3-2-4-8-19/h2-4,7-8,10-13,21H,6,14-18H2,1H3. The molecule has 2 aromatic carbocycles. The lowest BCUT2D eigenvalue weighted by molar-refractivity contribution is 0.319. The summed E-state index contributed by atoms with van der Waals surface area (Å²) in [4.78, 5) is 0. The molecule has 27 heavy (non-hydrogen) atoms. The second kappa shape index (κ2) is 9.07. The maximum Gasteiger partial charge on any atom is 0.215 e. The van der Waals surface area contributed by atoms with Gasteiger partial charge in [-0.15, -0.1) is 0 Å². The third-order valence-electron chi connectivity index (χ3n) is 4.93. The molecule has 2 aromatic rings. The van der Waals surface area contributed by atoms with Crippen molar-refractivity contribution in [2.45, 2.75) is 25.2 Å². The first-order valence-corrected chi connectivity index (χ1v) is 10.8. The summed E-state index contributed by atoms with van der Waals surface area (Å²) in [6.45, 7) is 1.15. The smallest absolute Gasteiger partial charge is 0.215 e. The summed E-state index contributed by atoms with van der Waals surface area (Å²) in [7, 11) is -1.59. The van der Waals surface area contributed by atoms with Crippen molar-refractivity contribution in [2.24, 2.45) is 0 Å². The Balaban J connectivity index is 1.51. The highest BCUT2D eigenvalue weighted by molar-refractivity contribution is 7.89. The van der Waals surface area contributed by atoms with E-state index in [1.807, 2.05) is 42.5 Å². The number of hydrogen-bond acceptors (Lipinski definition) is 3. The second-order valence-electron chi connectivity index (χ2n) is 6.68. The quantitative estimate of drug-likeness (QED) is 0.741. The lowest BCUT2D eigenvalue weighted by Gasteiger charge is -2.31. The number of rotatable bonds is 5. The van der Waals surface area contributed by atoms with Gasteiger partial charge in [-0.3, -0.25) is 0 Å². The van der Waals surface area contributed by atoms with Crippen molar-refractivity contribution < 1.29 is 13.2 Å². The molecule has 1 heterocycles. The van der Waals surface area contributed by atoms with E-state index < -0.39 is 10.0 Å². The van der Waals surface area contributed by atoms with Gasteiger partial charge in [-0.1, -0.05) is 42.2 Å². The van der Waals surface area contributed by atoms with Gasteiger partial charge in [0.1, 0.15) is 5.75 Å². The number of methoxy groups -OCH3 is 1. The number of nitrogens with zero attached hydrogens (tertiary/aromatic N) is 1. The molecule has 0 spiro atoms. The van der Waals surface area contributed by atoms with Crippen molar-refractivity contribution in [2.75, 3.05) is 26.0 Å². The highest BCUT2D eigenvalue weighted by atomic mass is 32.2. The summed E-state index contributed by atoms with van der Waals surface area (Å²) in [6, 6.07) is 17.7. The van der Waals surface area contributed by atoms with Crippen LogP contribution in [0.2, 0.25) is 0 Å². The van der Waals surface area contributed by atoms with E-state index in [2.05, 4.69) is 24.0 Å². The minimum absolute atomic E-state index is 0.0834. The van der Waals surface area contributed by atoms with Crippen LogP contribution in [0.5, 0.6) is 5.75 Å². The van der Waals surface area contributed by atoms with Crippen molar-refractivity contribution in [1.29, 1.82) is 0 Å². The van der Waals surface area contributed by atoms with Crippen LogP contribution in [-0.4, -0.2) is 38.7 Å². The Labute approximate surface area is 162 Å². The first-order valence-electron chi connectivity index (χ1n) is 9.24. The van der Waals surface area contributed by atoms with Gasteiger partial charge in [-0.25, -0.2) is 12.7 Å². The van der Waals surface area contributed by atoms with Crippen molar-refractivity contribution in [1.82, 2.24) is 4.31 Å². The number of ether oxygens (including phenoxy) is 1. The summed E-state index contributed by atoms with van der Waals surface area (Å²) in [5.74, 6) is 7.32. The molecule has 0 radical (unpaired) electrons. The number of hydrogen-bond donors (Lipinski definition) is 0. The van der Waals surface area contributed by atoms with Crippen molar-refractivity contribution >= 4 is 10.0 Å². The van der Waals surface area contributed by atoms with Gasteiger partial charge in [0.25, 0.3) is 0 Å². The highest BCUT2D eigenvalue weighted by Crippen LogP contribution is 2.30. The Morgan fingerprint density at radius 3 is 2.33 bits per heavy atom. The third-order valence-corrected chi connectivity index (χ3v) is 6.80. The molecule has 1 fully saturated rings. The Morgan fingerprint density at radius 1 is 1.04 bits per heavy atom. The molecule has 1 saturated heterocycles. The van der Waals surface area contributed by atoms with Crippen molar-refractivity contribution in [3.63, 3.8) is 0 Å². The minimum atomic E-state index is -3.24. The molecule has 3 rings (SSSR count). The monoisotopic (exact) mass is 383 g/mol. The molecule has 0 atom stereocenters. The summed E-state index contributed by atoms with van der Waals surface area (Å²) in [5.41, 5.74) is 2.16. The predicted molar refractivity (Wildman–Crippen MR) is 108 cm³/mol. The number of benzene rings is 2. The normalized spacial score (nSPS) is 15.7. The molecule has 1 aliphatic rings. The van der Waals surface area contributed by atoms with Gasteiger partial charge in [0, 0.05) is 25.1 Å². The minimum Gasteiger partial charge on any atom is -0.497 e. The van der Waals surface area contributed by atoms with Gasteiger partial charge in [-0.2, -0.15) is 0 Å². The lowest BCUT2D eigenvalue weighted by Crippen LogP contribution is -2.39. The fraction of sp³-hybridized carbons (Fsp3) is 0.364. The van der Waals surface area contributed by atoms with Crippen LogP contribution in [0.1, 0.15) is 36.3 Å². The zero-order valence-corrected chi connectivity index (χ0v) is 16.4. The van der Waals surface area contributed by atoms with Gasteiger partial charge in [-0.05, 0) is 48.6 Å². The van der Waals surface area contributed by atoms with Gasteiger partial charge in [0.05, 0.1) is 12.9 Å². The van der Waals surface area contributed by atoms with Crippen molar-refractivity contribution in [3.05, 3.63) is 65.7 Å². The van der Waals surface area contributed by atoms with Crippen LogP contribution in [-0.2, 0) is 10.0 Å². The lowest BCUT2D eigenvalue weighted by atomic mass is 9.90. The summed E-state index contributed by atoms with van der Waals surface area (Å²) in [5, 5.41) is 0. The van der Waals surface area contributed by atoms with Gasteiger partial charge in [0.2, 0.25) is 10.0 Å². The van der Waals surface area contributed by atoms with Crippen LogP contribution >= 0.6 is 0 Å². The third kappa shape index (κ3) is 5.35.